The number of nitrogens with one attached hydrogen (secondary N) is 2. The fourth-order valence-corrected chi connectivity index (χ4v) is 4.95. The number of benzene rings is 1. The van der Waals surface area contributed by atoms with Crippen LogP contribution in [-0.2, 0) is 17.6 Å². The van der Waals surface area contributed by atoms with Gasteiger partial charge >= 0.3 is 6.09 Å². The topological polar surface area (TPSA) is 97.6 Å². The standard InChI is InChI=1S/C21H20N2O5S/c1-11-7-8-13-16(9-11)29-20(17(13)19(25)23-21(26)27-2)22-18(24)15-10-12-5-3-4-6-14(12)28-15/h3-6,10-11H,7-9H2,1-2H3,(H,22,24)(H,23,25,26)/t11-/m0/s1. The molecule has 1 aromatic carbocycles. The number of hydrogen-bond acceptors (Lipinski definition) is 6. The van der Waals surface area contributed by atoms with Crippen LogP contribution in [0.25, 0.3) is 11.0 Å². The monoisotopic (exact) mass is 412 g/mol. The number of rotatable bonds is 3. The molecule has 3 aromatic rings. The normalized spacial score (nSPS) is 15.6. The maximum atomic E-state index is 12.8. The molecule has 4 rings (SSSR count). The number of amides is 3. The molecule has 0 bridgehead atoms. The molecule has 1 aliphatic carbocycles. The Bertz CT molecular complexity index is 1080. The number of alkyl carbamates (subject to hydrolysis) is 1. The molecule has 2 aromatic heterocycles. The Kier molecular flexibility index (Phi) is 5.10. The van der Waals surface area contributed by atoms with E-state index >= 15 is 0 Å². The molecule has 0 unspecified atom stereocenters. The number of thiophene rings is 1. The van der Waals surface area contributed by atoms with Gasteiger partial charge in [-0.2, -0.15) is 0 Å². The highest BCUT2D eigenvalue weighted by molar-refractivity contribution is 7.17. The van der Waals surface area contributed by atoms with E-state index in [2.05, 4.69) is 22.3 Å². The first-order valence-corrected chi connectivity index (χ1v) is 10.1. The van der Waals surface area contributed by atoms with Crippen LogP contribution in [0.1, 0.15) is 44.7 Å². The van der Waals surface area contributed by atoms with E-state index in [1.807, 2.05) is 18.2 Å². The van der Waals surface area contributed by atoms with Gasteiger partial charge in [-0.15, -0.1) is 11.3 Å². The first-order chi connectivity index (χ1) is 14.0. The summed E-state index contributed by atoms with van der Waals surface area (Å²) in [5, 5.41) is 6.24. The van der Waals surface area contributed by atoms with Crippen molar-refractivity contribution in [2.24, 2.45) is 5.92 Å². The van der Waals surface area contributed by atoms with Crippen LogP contribution in [0.2, 0.25) is 0 Å². The van der Waals surface area contributed by atoms with Crippen molar-refractivity contribution in [2.75, 3.05) is 12.4 Å². The molecule has 0 saturated heterocycles. The molecule has 0 spiro atoms. The predicted molar refractivity (Wildman–Crippen MR) is 110 cm³/mol. The summed E-state index contributed by atoms with van der Waals surface area (Å²) in [6.45, 7) is 2.16. The first kappa shape index (κ1) is 19.2. The third-order valence-electron chi connectivity index (χ3n) is 5.02. The van der Waals surface area contributed by atoms with Crippen LogP contribution < -0.4 is 10.6 Å². The zero-order chi connectivity index (χ0) is 20.5. The van der Waals surface area contributed by atoms with Gasteiger partial charge in [0.15, 0.2) is 5.76 Å². The summed E-state index contributed by atoms with van der Waals surface area (Å²) >= 11 is 1.37. The highest BCUT2D eigenvalue weighted by Gasteiger charge is 2.29. The molecule has 2 heterocycles. The minimum absolute atomic E-state index is 0.158. The van der Waals surface area contributed by atoms with Gasteiger partial charge in [-0.1, -0.05) is 25.1 Å². The van der Waals surface area contributed by atoms with Gasteiger partial charge in [0.25, 0.3) is 11.8 Å². The van der Waals surface area contributed by atoms with Crippen LogP contribution in [0.3, 0.4) is 0 Å². The van der Waals surface area contributed by atoms with Crippen molar-refractivity contribution < 1.29 is 23.5 Å². The Labute approximate surface area is 171 Å². The van der Waals surface area contributed by atoms with Gasteiger partial charge in [0, 0.05) is 10.3 Å². The van der Waals surface area contributed by atoms with Crippen molar-refractivity contribution in [3.8, 4) is 0 Å². The summed E-state index contributed by atoms with van der Waals surface area (Å²) in [5.41, 5.74) is 1.82. The smallest absolute Gasteiger partial charge is 0.413 e. The molecule has 150 valence electrons. The van der Waals surface area contributed by atoms with E-state index in [1.54, 1.807) is 12.1 Å². The van der Waals surface area contributed by atoms with Crippen molar-refractivity contribution in [2.45, 2.75) is 26.2 Å². The van der Waals surface area contributed by atoms with E-state index in [0.29, 0.717) is 22.1 Å². The van der Waals surface area contributed by atoms with Crippen LogP contribution in [0.4, 0.5) is 9.80 Å². The van der Waals surface area contributed by atoms with E-state index in [9.17, 15) is 14.4 Å². The molecule has 2 N–H and O–H groups in total. The van der Waals surface area contributed by atoms with Crippen molar-refractivity contribution in [1.29, 1.82) is 0 Å². The Morgan fingerprint density at radius 3 is 2.76 bits per heavy atom. The quantitative estimate of drug-likeness (QED) is 0.666. The van der Waals surface area contributed by atoms with E-state index in [1.165, 1.54) is 18.4 Å². The minimum Gasteiger partial charge on any atom is -0.453 e. The molecule has 0 saturated carbocycles. The Morgan fingerprint density at radius 2 is 2.00 bits per heavy atom. The average Bonchev–Trinajstić information content (AvgIpc) is 3.28. The van der Waals surface area contributed by atoms with Gasteiger partial charge < -0.3 is 14.5 Å². The van der Waals surface area contributed by atoms with Crippen LogP contribution in [0, 0.1) is 5.92 Å². The average molecular weight is 412 g/mol. The summed E-state index contributed by atoms with van der Waals surface area (Å²) in [4.78, 5) is 38.1. The predicted octanol–water partition coefficient (Wildman–Crippen LogP) is 4.37. The number of carbonyl (C=O) groups is 3. The van der Waals surface area contributed by atoms with Crippen molar-refractivity contribution >= 4 is 45.2 Å². The molecule has 7 nitrogen and oxygen atoms in total. The summed E-state index contributed by atoms with van der Waals surface area (Å²) < 4.78 is 10.2. The van der Waals surface area contributed by atoms with Gasteiger partial charge in [0.2, 0.25) is 0 Å². The number of anilines is 1. The molecule has 3 amide bonds. The maximum Gasteiger partial charge on any atom is 0.413 e. The highest BCUT2D eigenvalue weighted by Crippen LogP contribution is 2.40. The lowest BCUT2D eigenvalue weighted by molar-refractivity contribution is 0.0937. The Morgan fingerprint density at radius 1 is 1.21 bits per heavy atom. The lowest BCUT2D eigenvalue weighted by Crippen LogP contribution is -2.31. The number of fused-ring (bicyclic) bond motifs is 2. The van der Waals surface area contributed by atoms with Crippen molar-refractivity contribution in [1.82, 2.24) is 5.32 Å². The third kappa shape index (κ3) is 3.75. The molecule has 1 aliphatic rings. The number of para-hydroxylation sites is 1. The van der Waals surface area contributed by atoms with Gasteiger partial charge in [0.1, 0.15) is 10.6 Å². The van der Waals surface area contributed by atoms with Crippen LogP contribution in [0.5, 0.6) is 0 Å². The van der Waals surface area contributed by atoms with Crippen molar-refractivity contribution in [3.05, 3.63) is 52.1 Å². The SMILES string of the molecule is COC(=O)NC(=O)c1c(NC(=O)c2cc3ccccc3o2)sc2c1CC[C@H](C)C2. The summed E-state index contributed by atoms with van der Waals surface area (Å²) in [6.07, 6.45) is 1.66. The van der Waals surface area contributed by atoms with Crippen LogP contribution in [-0.4, -0.2) is 25.0 Å². The number of furan rings is 1. The van der Waals surface area contributed by atoms with Gasteiger partial charge in [0.05, 0.1) is 12.7 Å². The Hall–Kier alpha value is -3.13. The molecular weight excluding hydrogens is 392 g/mol. The minimum atomic E-state index is -0.839. The van der Waals surface area contributed by atoms with E-state index in [-0.39, 0.29) is 5.76 Å². The lowest BCUT2D eigenvalue weighted by Gasteiger charge is -2.18. The molecule has 0 radical (unpaired) electrons. The molecule has 29 heavy (non-hydrogen) atoms. The van der Waals surface area contributed by atoms with Gasteiger partial charge in [-0.25, -0.2) is 4.79 Å². The Balaban J connectivity index is 1.67. The second-order valence-electron chi connectivity index (χ2n) is 7.10. The molecule has 8 heteroatoms. The number of methoxy groups -OCH3 is 1. The summed E-state index contributed by atoms with van der Waals surface area (Å²) in [7, 11) is 1.19. The second kappa shape index (κ2) is 7.71. The number of carbonyl (C=O) groups excluding carboxylic acids is 3. The maximum absolute atomic E-state index is 12.8. The largest absolute Gasteiger partial charge is 0.453 e. The van der Waals surface area contributed by atoms with Gasteiger partial charge in [-0.3, -0.25) is 14.9 Å². The zero-order valence-electron chi connectivity index (χ0n) is 16.0. The van der Waals surface area contributed by atoms with E-state index in [4.69, 9.17) is 4.42 Å². The third-order valence-corrected chi connectivity index (χ3v) is 6.19. The molecule has 1 atom stereocenters. The van der Waals surface area contributed by atoms with Crippen molar-refractivity contribution in [3.63, 3.8) is 0 Å². The van der Waals surface area contributed by atoms with Gasteiger partial charge in [-0.05, 0) is 42.9 Å². The van der Waals surface area contributed by atoms with Crippen LogP contribution in [0.15, 0.2) is 34.7 Å². The molecule has 0 fully saturated rings. The fraction of sp³-hybridized carbons (Fsp3) is 0.286. The van der Waals surface area contributed by atoms with E-state index in [0.717, 1.165) is 35.1 Å². The fourth-order valence-electron chi connectivity index (χ4n) is 3.54. The first-order valence-electron chi connectivity index (χ1n) is 9.30. The summed E-state index contributed by atoms with van der Waals surface area (Å²) in [6, 6.07) is 9.00. The number of imide groups is 1. The van der Waals surface area contributed by atoms with Crippen LogP contribution >= 0.6 is 11.3 Å². The molecular formula is C21H20N2O5S. The summed E-state index contributed by atoms with van der Waals surface area (Å²) in [5.74, 6) is -0.370. The lowest BCUT2D eigenvalue weighted by atomic mass is 9.88. The number of hydrogen-bond donors (Lipinski definition) is 2. The number of ether oxygens (including phenoxy) is 1. The zero-order valence-corrected chi connectivity index (χ0v) is 16.9. The second-order valence-corrected chi connectivity index (χ2v) is 8.21. The highest BCUT2D eigenvalue weighted by atomic mass is 32.1. The van der Waals surface area contributed by atoms with E-state index < -0.39 is 17.9 Å². The molecule has 0 aliphatic heterocycles.